The third-order valence-electron chi connectivity index (χ3n) is 6.11. The normalized spacial score (nSPS) is 18.4. The molecular formula is C25H24N4O5S. The maximum absolute atomic E-state index is 13.1. The number of aromatic nitrogens is 1. The maximum Gasteiger partial charge on any atom is 0.345 e. The van der Waals surface area contributed by atoms with Crippen molar-refractivity contribution in [1.29, 1.82) is 0 Å². The Bertz CT molecular complexity index is 1230. The number of methoxy groups -OCH3 is 1. The zero-order valence-electron chi connectivity index (χ0n) is 19.0. The van der Waals surface area contributed by atoms with Crippen LogP contribution in [0.4, 0.5) is 4.79 Å². The predicted molar refractivity (Wildman–Crippen MR) is 127 cm³/mol. The first-order valence-electron chi connectivity index (χ1n) is 11.2. The Morgan fingerprint density at radius 2 is 1.91 bits per heavy atom. The molecule has 0 saturated carbocycles. The molecule has 9 nitrogen and oxygen atoms in total. The molecule has 2 aliphatic rings. The van der Waals surface area contributed by atoms with E-state index in [9.17, 15) is 14.4 Å². The second-order valence-corrected chi connectivity index (χ2v) is 9.34. The van der Waals surface area contributed by atoms with Gasteiger partial charge in [-0.05, 0) is 41.3 Å². The number of rotatable bonds is 8. The molecule has 3 aromatic rings. The van der Waals surface area contributed by atoms with Crippen molar-refractivity contribution in [1.82, 2.24) is 20.3 Å². The van der Waals surface area contributed by atoms with Crippen LogP contribution in [-0.4, -0.2) is 53.1 Å². The maximum atomic E-state index is 13.1. The first-order chi connectivity index (χ1) is 17.1. The number of fused-ring (bicyclic) bond motifs is 4. The molecule has 1 aromatic carbocycles. The molecule has 1 N–H and O–H groups in total. The SMILES string of the molecule is COC(=O)[C@@H]1c2sc(C(=O)NCCc3ccncc3)cc2[C@@H]2CN1C(=O)N2OCc1ccccc1. The number of esters is 1. The van der Waals surface area contributed by atoms with Crippen LogP contribution in [0.5, 0.6) is 0 Å². The van der Waals surface area contributed by atoms with Crippen LogP contribution in [0.3, 0.4) is 0 Å². The second-order valence-electron chi connectivity index (χ2n) is 8.25. The number of ether oxygens (including phenoxy) is 1. The summed E-state index contributed by atoms with van der Waals surface area (Å²) in [6.45, 7) is 0.952. The molecule has 10 heteroatoms. The van der Waals surface area contributed by atoms with Crippen LogP contribution in [0.25, 0.3) is 0 Å². The first-order valence-corrected chi connectivity index (χ1v) is 12.0. The number of urea groups is 1. The summed E-state index contributed by atoms with van der Waals surface area (Å²) in [5, 5.41) is 4.25. The second kappa shape index (κ2) is 9.85. The highest BCUT2D eigenvalue weighted by Gasteiger charge is 2.52. The quantitative estimate of drug-likeness (QED) is 0.485. The van der Waals surface area contributed by atoms with E-state index >= 15 is 0 Å². The Hall–Kier alpha value is -3.76. The average Bonchev–Trinajstić information content (AvgIpc) is 3.45. The molecule has 0 aliphatic carbocycles. The number of carbonyl (C=O) groups is 3. The molecular weight excluding hydrogens is 468 g/mol. The Labute approximate surface area is 206 Å². The number of hydrogen-bond donors (Lipinski definition) is 1. The molecule has 2 aliphatic heterocycles. The Balaban J connectivity index is 1.36. The van der Waals surface area contributed by atoms with Crippen molar-refractivity contribution in [3.05, 3.63) is 87.4 Å². The van der Waals surface area contributed by atoms with Crippen molar-refractivity contribution in [3.8, 4) is 0 Å². The van der Waals surface area contributed by atoms with Gasteiger partial charge in [-0.25, -0.2) is 9.59 Å². The third kappa shape index (κ3) is 4.50. The lowest BCUT2D eigenvalue weighted by molar-refractivity contribution is -0.146. The van der Waals surface area contributed by atoms with Crippen LogP contribution >= 0.6 is 11.3 Å². The zero-order chi connectivity index (χ0) is 24.4. The predicted octanol–water partition coefficient (Wildman–Crippen LogP) is 3.25. The van der Waals surface area contributed by atoms with Crippen LogP contribution < -0.4 is 5.32 Å². The van der Waals surface area contributed by atoms with E-state index in [0.29, 0.717) is 22.7 Å². The van der Waals surface area contributed by atoms with Crippen molar-refractivity contribution >= 4 is 29.2 Å². The standard InChI is InChI=1S/C25H24N4O5S/c1-33-24(31)21-22-18(13-20(35-22)23(30)27-12-9-16-7-10-26-11-8-16)19-14-28(21)25(32)29(19)34-15-17-5-3-2-4-6-17/h2-8,10-11,13,19,21H,9,12,14-15H2,1H3,(H,27,30)/t19-,21-/m0/s1. The molecule has 0 spiro atoms. The minimum absolute atomic E-state index is 0.210. The smallest absolute Gasteiger partial charge is 0.345 e. The molecule has 2 bridgehead atoms. The lowest BCUT2D eigenvalue weighted by atomic mass is 9.99. The molecule has 3 amide bonds. The van der Waals surface area contributed by atoms with E-state index in [1.165, 1.54) is 28.4 Å². The van der Waals surface area contributed by atoms with Gasteiger partial charge in [0.15, 0.2) is 6.04 Å². The summed E-state index contributed by atoms with van der Waals surface area (Å²) >= 11 is 1.21. The summed E-state index contributed by atoms with van der Waals surface area (Å²) in [5.41, 5.74) is 2.73. The van der Waals surface area contributed by atoms with Gasteiger partial charge in [-0.2, -0.15) is 5.06 Å². The van der Waals surface area contributed by atoms with Crippen molar-refractivity contribution in [2.24, 2.45) is 0 Å². The summed E-state index contributed by atoms with van der Waals surface area (Å²) < 4.78 is 5.00. The average molecular weight is 493 g/mol. The summed E-state index contributed by atoms with van der Waals surface area (Å²) in [6.07, 6.45) is 4.11. The van der Waals surface area contributed by atoms with E-state index in [4.69, 9.17) is 9.57 Å². The van der Waals surface area contributed by atoms with Crippen molar-refractivity contribution < 1.29 is 24.0 Å². The molecule has 180 valence electrons. The lowest BCUT2D eigenvalue weighted by Crippen LogP contribution is -2.38. The molecule has 4 heterocycles. The minimum atomic E-state index is -0.910. The van der Waals surface area contributed by atoms with E-state index in [-0.39, 0.29) is 19.1 Å². The van der Waals surface area contributed by atoms with Gasteiger partial charge in [0.1, 0.15) is 12.6 Å². The molecule has 5 rings (SSSR count). The first kappa shape index (κ1) is 23.0. The Morgan fingerprint density at radius 3 is 2.66 bits per heavy atom. The van der Waals surface area contributed by atoms with E-state index in [1.54, 1.807) is 18.5 Å². The molecule has 2 atom stereocenters. The number of nitrogens with zero attached hydrogens (tertiary/aromatic N) is 3. The van der Waals surface area contributed by atoms with Gasteiger partial charge in [0, 0.05) is 23.8 Å². The minimum Gasteiger partial charge on any atom is -0.467 e. The van der Waals surface area contributed by atoms with Crippen LogP contribution in [0.15, 0.2) is 60.9 Å². The van der Waals surface area contributed by atoms with Gasteiger partial charge in [-0.15, -0.1) is 11.3 Å². The monoisotopic (exact) mass is 492 g/mol. The molecule has 1 saturated heterocycles. The Kier molecular flexibility index (Phi) is 6.47. The Morgan fingerprint density at radius 1 is 1.14 bits per heavy atom. The highest BCUT2D eigenvalue weighted by molar-refractivity contribution is 7.14. The van der Waals surface area contributed by atoms with Gasteiger partial charge >= 0.3 is 12.0 Å². The lowest BCUT2D eigenvalue weighted by Gasteiger charge is -2.28. The zero-order valence-corrected chi connectivity index (χ0v) is 19.9. The van der Waals surface area contributed by atoms with Crippen molar-refractivity contribution in [3.63, 3.8) is 0 Å². The van der Waals surface area contributed by atoms with Gasteiger partial charge in [0.25, 0.3) is 5.91 Å². The van der Waals surface area contributed by atoms with E-state index in [1.807, 2.05) is 42.5 Å². The molecule has 0 unspecified atom stereocenters. The fraction of sp³-hybridized carbons (Fsp3) is 0.280. The summed E-state index contributed by atoms with van der Waals surface area (Å²) in [6, 6.07) is 13.4. The number of hydrogen-bond acceptors (Lipinski definition) is 7. The number of pyridine rings is 1. The van der Waals surface area contributed by atoms with E-state index in [2.05, 4.69) is 10.3 Å². The number of benzene rings is 1. The summed E-state index contributed by atoms with van der Waals surface area (Å²) in [4.78, 5) is 51.2. The molecule has 1 fully saturated rings. The topological polar surface area (TPSA) is 101 Å². The van der Waals surface area contributed by atoms with Gasteiger partial charge in [0.05, 0.1) is 18.5 Å². The molecule has 0 radical (unpaired) electrons. The van der Waals surface area contributed by atoms with Crippen LogP contribution in [-0.2, 0) is 27.4 Å². The number of hydroxylamine groups is 2. The van der Waals surface area contributed by atoms with Gasteiger partial charge in [-0.1, -0.05) is 30.3 Å². The summed E-state index contributed by atoms with van der Waals surface area (Å²) in [7, 11) is 1.29. The van der Waals surface area contributed by atoms with Crippen molar-refractivity contribution in [2.45, 2.75) is 25.1 Å². The van der Waals surface area contributed by atoms with Gasteiger partial charge in [0.2, 0.25) is 0 Å². The fourth-order valence-corrected chi connectivity index (χ4v) is 5.59. The number of thiophene rings is 1. The van der Waals surface area contributed by atoms with E-state index in [0.717, 1.165) is 16.7 Å². The van der Waals surface area contributed by atoms with Crippen LogP contribution in [0.2, 0.25) is 0 Å². The van der Waals surface area contributed by atoms with Gasteiger partial charge < -0.3 is 15.0 Å². The number of amides is 3. The molecule has 2 aromatic heterocycles. The van der Waals surface area contributed by atoms with E-state index < -0.39 is 24.1 Å². The highest BCUT2D eigenvalue weighted by atomic mass is 32.1. The molecule has 35 heavy (non-hydrogen) atoms. The van der Waals surface area contributed by atoms with Crippen LogP contribution in [0.1, 0.15) is 43.3 Å². The van der Waals surface area contributed by atoms with Crippen molar-refractivity contribution in [2.75, 3.05) is 20.2 Å². The largest absolute Gasteiger partial charge is 0.467 e. The third-order valence-corrected chi connectivity index (χ3v) is 7.31. The van der Waals surface area contributed by atoms with Gasteiger partial charge in [-0.3, -0.25) is 14.6 Å². The summed E-state index contributed by atoms with van der Waals surface area (Å²) in [5.74, 6) is -0.773. The fourth-order valence-electron chi connectivity index (χ4n) is 4.35. The number of carbonyl (C=O) groups excluding carboxylic acids is 3. The highest BCUT2D eigenvalue weighted by Crippen LogP contribution is 2.48. The van der Waals surface area contributed by atoms with Crippen LogP contribution in [0, 0.1) is 0 Å². The number of nitrogens with one attached hydrogen (secondary N) is 1.